The SMILES string of the molecule is C=CC(=O)Nc1cccc(Oc2nc(Cl)ncc2N2CCOCC2)c1. The number of halogens is 1. The van der Waals surface area contributed by atoms with Crippen molar-refractivity contribution in [2.75, 3.05) is 36.5 Å². The summed E-state index contributed by atoms with van der Waals surface area (Å²) in [5, 5.41) is 2.78. The van der Waals surface area contributed by atoms with E-state index in [-0.39, 0.29) is 11.2 Å². The number of morpholine rings is 1. The van der Waals surface area contributed by atoms with Gasteiger partial charge in [0.25, 0.3) is 0 Å². The third kappa shape index (κ3) is 4.46. The number of nitrogens with one attached hydrogen (secondary N) is 1. The fourth-order valence-electron chi connectivity index (χ4n) is 2.38. The number of hydrogen-bond acceptors (Lipinski definition) is 6. The number of hydrogen-bond donors (Lipinski definition) is 1. The quantitative estimate of drug-likeness (QED) is 0.652. The fourth-order valence-corrected chi connectivity index (χ4v) is 2.50. The second-order valence-corrected chi connectivity index (χ2v) is 5.59. The average Bonchev–Trinajstić information content (AvgIpc) is 2.63. The maximum absolute atomic E-state index is 11.4. The Bertz CT molecular complexity index is 778. The standard InChI is InChI=1S/C17H17ClN4O3/c1-2-15(23)20-12-4-3-5-13(10-12)25-16-14(11-19-17(18)21-16)22-6-8-24-9-7-22/h2-5,10-11H,1,6-9H2,(H,20,23). The highest BCUT2D eigenvalue weighted by atomic mass is 35.5. The molecular weight excluding hydrogens is 344 g/mol. The number of benzene rings is 1. The van der Waals surface area contributed by atoms with Gasteiger partial charge in [-0.15, -0.1) is 0 Å². The zero-order chi connectivity index (χ0) is 17.6. The predicted octanol–water partition coefficient (Wildman–Crippen LogP) is 2.88. The van der Waals surface area contributed by atoms with Gasteiger partial charge < -0.3 is 19.7 Å². The molecule has 0 bridgehead atoms. The van der Waals surface area contributed by atoms with Crippen LogP contribution in [0.1, 0.15) is 0 Å². The first-order chi connectivity index (χ1) is 12.2. The third-order valence-electron chi connectivity index (χ3n) is 3.56. The molecule has 1 aromatic heterocycles. The lowest BCUT2D eigenvalue weighted by atomic mass is 10.3. The molecule has 3 rings (SSSR count). The fraction of sp³-hybridized carbons (Fsp3) is 0.235. The van der Waals surface area contributed by atoms with Crippen molar-refractivity contribution in [2.45, 2.75) is 0 Å². The molecule has 0 atom stereocenters. The molecule has 1 aliphatic rings. The minimum atomic E-state index is -0.295. The van der Waals surface area contributed by atoms with Crippen LogP contribution in [0, 0.1) is 0 Å². The van der Waals surface area contributed by atoms with Crippen molar-refractivity contribution in [1.29, 1.82) is 0 Å². The summed E-state index contributed by atoms with van der Waals surface area (Å²) >= 11 is 5.93. The van der Waals surface area contributed by atoms with Crippen LogP contribution < -0.4 is 15.0 Å². The van der Waals surface area contributed by atoms with Gasteiger partial charge in [0.15, 0.2) is 0 Å². The molecule has 0 spiro atoms. The molecule has 8 heteroatoms. The van der Waals surface area contributed by atoms with Crippen molar-refractivity contribution in [1.82, 2.24) is 9.97 Å². The summed E-state index contributed by atoms with van der Waals surface area (Å²) in [4.78, 5) is 21.8. The Hall–Kier alpha value is -2.64. The molecule has 0 radical (unpaired) electrons. The van der Waals surface area contributed by atoms with Crippen molar-refractivity contribution >= 4 is 28.9 Å². The van der Waals surface area contributed by atoms with E-state index in [1.165, 1.54) is 6.08 Å². The number of anilines is 2. The van der Waals surface area contributed by atoms with E-state index in [0.29, 0.717) is 30.5 Å². The van der Waals surface area contributed by atoms with Crippen LogP contribution in [0.15, 0.2) is 43.1 Å². The van der Waals surface area contributed by atoms with E-state index in [9.17, 15) is 4.79 Å². The van der Waals surface area contributed by atoms with Gasteiger partial charge in [-0.05, 0) is 29.8 Å². The number of carbonyl (C=O) groups excluding carboxylic acids is 1. The van der Waals surface area contributed by atoms with Gasteiger partial charge in [0.05, 0.1) is 19.4 Å². The first kappa shape index (κ1) is 17.2. The molecule has 2 heterocycles. The van der Waals surface area contributed by atoms with Crippen LogP contribution in [0.5, 0.6) is 11.6 Å². The van der Waals surface area contributed by atoms with Gasteiger partial charge >= 0.3 is 0 Å². The van der Waals surface area contributed by atoms with Gasteiger partial charge in [0, 0.05) is 24.8 Å². The van der Waals surface area contributed by atoms with Crippen LogP contribution in [-0.4, -0.2) is 42.2 Å². The lowest BCUT2D eigenvalue weighted by molar-refractivity contribution is -0.111. The Labute approximate surface area is 150 Å². The van der Waals surface area contributed by atoms with E-state index in [1.807, 2.05) is 0 Å². The van der Waals surface area contributed by atoms with E-state index in [0.717, 1.165) is 18.8 Å². The molecule has 1 aromatic carbocycles. The van der Waals surface area contributed by atoms with Gasteiger partial charge in [0.2, 0.25) is 17.1 Å². The highest BCUT2D eigenvalue weighted by Crippen LogP contribution is 2.32. The van der Waals surface area contributed by atoms with Crippen molar-refractivity contribution in [3.63, 3.8) is 0 Å². The molecule has 0 saturated carbocycles. The zero-order valence-electron chi connectivity index (χ0n) is 13.4. The molecular formula is C17H17ClN4O3. The number of aromatic nitrogens is 2. The summed E-state index contributed by atoms with van der Waals surface area (Å²) in [5.74, 6) is 0.580. The Morgan fingerprint density at radius 1 is 1.40 bits per heavy atom. The van der Waals surface area contributed by atoms with Crippen LogP contribution in [0.4, 0.5) is 11.4 Å². The molecule has 25 heavy (non-hydrogen) atoms. The van der Waals surface area contributed by atoms with Crippen molar-refractivity contribution in [3.8, 4) is 11.6 Å². The third-order valence-corrected chi connectivity index (χ3v) is 3.74. The maximum Gasteiger partial charge on any atom is 0.247 e. The Balaban J connectivity index is 1.84. The molecule has 0 unspecified atom stereocenters. The van der Waals surface area contributed by atoms with Crippen LogP contribution >= 0.6 is 11.6 Å². The first-order valence-corrected chi connectivity index (χ1v) is 8.10. The molecule has 1 amide bonds. The minimum absolute atomic E-state index is 0.100. The number of carbonyl (C=O) groups is 1. The second-order valence-electron chi connectivity index (χ2n) is 5.25. The number of amides is 1. The molecule has 0 aliphatic carbocycles. The van der Waals surface area contributed by atoms with Crippen LogP contribution in [0.25, 0.3) is 0 Å². The van der Waals surface area contributed by atoms with E-state index in [1.54, 1.807) is 30.5 Å². The van der Waals surface area contributed by atoms with Crippen LogP contribution in [-0.2, 0) is 9.53 Å². The zero-order valence-corrected chi connectivity index (χ0v) is 14.2. The van der Waals surface area contributed by atoms with E-state index < -0.39 is 0 Å². The van der Waals surface area contributed by atoms with Crippen LogP contribution in [0.3, 0.4) is 0 Å². The first-order valence-electron chi connectivity index (χ1n) is 7.72. The minimum Gasteiger partial charge on any atom is -0.437 e. The highest BCUT2D eigenvalue weighted by molar-refractivity contribution is 6.28. The summed E-state index contributed by atoms with van der Waals surface area (Å²) in [6.07, 6.45) is 2.84. The Kier molecular flexibility index (Phi) is 5.47. The van der Waals surface area contributed by atoms with Crippen molar-refractivity contribution in [2.24, 2.45) is 0 Å². The molecule has 130 valence electrons. The van der Waals surface area contributed by atoms with Gasteiger partial charge in [-0.1, -0.05) is 12.6 Å². The normalized spacial score (nSPS) is 14.0. The van der Waals surface area contributed by atoms with Gasteiger partial charge in [-0.2, -0.15) is 4.98 Å². The van der Waals surface area contributed by atoms with E-state index in [2.05, 4.69) is 26.8 Å². The summed E-state index contributed by atoms with van der Waals surface area (Å²) in [7, 11) is 0. The summed E-state index contributed by atoms with van der Waals surface area (Å²) in [5.41, 5.74) is 1.34. The Morgan fingerprint density at radius 2 is 2.20 bits per heavy atom. The van der Waals surface area contributed by atoms with Gasteiger partial charge in [-0.3, -0.25) is 4.79 Å². The van der Waals surface area contributed by atoms with E-state index in [4.69, 9.17) is 21.1 Å². The molecule has 2 aromatic rings. The largest absolute Gasteiger partial charge is 0.437 e. The smallest absolute Gasteiger partial charge is 0.247 e. The molecule has 1 fully saturated rings. The lowest BCUT2D eigenvalue weighted by Crippen LogP contribution is -2.36. The molecule has 1 aliphatic heterocycles. The molecule has 1 N–H and O–H groups in total. The highest BCUT2D eigenvalue weighted by Gasteiger charge is 2.18. The van der Waals surface area contributed by atoms with Gasteiger partial charge in [-0.25, -0.2) is 4.98 Å². The monoisotopic (exact) mass is 360 g/mol. The molecule has 7 nitrogen and oxygen atoms in total. The topological polar surface area (TPSA) is 76.6 Å². The Morgan fingerprint density at radius 3 is 2.96 bits per heavy atom. The summed E-state index contributed by atoms with van der Waals surface area (Å²) < 4.78 is 11.3. The van der Waals surface area contributed by atoms with Crippen molar-refractivity contribution in [3.05, 3.63) is 48.4 Å². The summed E-state index contributed by atoms with van der Waals surface area (Å²) in [6, 6.07) is 6.98. The van der Waals surface area contributed by atoms with Crippen LogP contribution in [0.2, 0.25) is 5.28 Å². The summed E-state index contributed by atoms with van der Waals surface area (Å²) in [6.45, 7) is 6.13. The lowest BCUT2D eigenvalue weighted by Gasteiger charge is -2.29. The average molecular weight is 361 g/mol. The number of ether oxygens (including phenoxy) is 2. The van der Waals surface area contributed by atoms with Gasteiger partial charge in [0.1, 0.15) is 11.4 Å². The van der Waals surface area contributed by atoms with E-state index >= 15 is 0 Å². The predicted molar refractivity (Wildman–Crippen MR) is 95.4 cm³/mol. The number of nitrogens with zero attached hydrogens (tertiary/aromatic N) is 3. The number of rotatable bonds is 5. The second kappa shape index (κ2) is 7.96. The van der Waals surface area contributed by atoms with Crippen molar-refractivity contribution < 1.29 is 14.3 Å². The molecule has 1 saturated heterocycles. The maximum atomic E-state index is 11.4.